The molecule has 7 heteroatoms. The Morgan fingerprint density at radius 1 is 1.33 bits per heavy atom. The molecule has 0 unspecified atom stereocenters. The molecule has 6 nitrogen and oxygen atoms in total. The van der Waals surface area contributed by atoms with Gasteiger partial charge in [-0.1, -0.05) is 5.16 Å². The molecule has 1 aliphatic carbocycles. The van der Waals surface area contributed by atoms with E-state index in [0.29, 0.717) is 36.7 Å². The van der Waals surface area contributed by atoms with Crippen molar-refractivity contribution in [1.29, 1.82) is 0 Å². The van der Waals surface area contributed by atoms with Crippen LogP contribution in [0.2, 0.25) is 0 Å². The standard InChI is InChI=1S/C17H21FN4O2/c1-17(9-3-10-17)21-16(23)19-11-2-4-14-20-15(22-24-14)12-5-7-13(18)8-6-12/h5-8H,2-4,9-11H2,1H3,(H2,19,21,23). The number of nitrogens with zero attached hydrogens (tertiary/aromatic N) is 2. The first-order valence-electron chi connectivity index (χ1n) is 8.19. The number of hydrogen-bond acceptors (Lipinski definition) is 4. The number of carbonyl (C=O) groups excluding carboxylic acids is 1. The fourth-order valence-electron chi connectivity index (χ4n) is 2.66. The maximum atomic E-state index is 12.9. The molecule has 0 bridgehead atoms. The summed E-state index contributed by atoms with van der Waals surface area (Å²) in [5.41, 5.74) is 0.665. The fourth-order valence-corrected chi connectivity index (χ4v) is 2.66. The zero-order valence-electron chi connectivity index (χ0n) is 13.6. The van der Waals surface area contributed by atoms with Crippen LogP contribution in [0.3, 0.4) is 0 Å². The highest BCUT2D eigenvalue weighted by Crippen LogP contribution is 2.30. The van der Waals surface area contributed by atoms with Crippen LogP contribution in [0.5, 0.6) is 0 Å². The molecule has 1 aliphatic rings. The molecule has 128 valence electrons. The van der Waals surface area contributed by atoms with E-state index >= 15 is 0 Å². The topological polar surface area (TPSA) is 80.0 Å². The second-order valence-electron chi connectivity index (χ2n) is 6.42. The molecule has 1 saturated carbocycles. The summed E-state index contributed by atoms with van der Waals surface area (Å²) in [5.74, 6) is 0.638. The van der Waals surface area contributed by atoms with Crippen LogP contribution < -0.4 is 10.6 Å². The van der Waals surface area contributed by atoms with Crippen molar-refractivity contribution in [3.63, 3.8) is 0 Å². The van der Waals surface area contributed by atoms with Crippen molar-refractivity contribution >= 4 is 6.03 Å². The molecule has 1 fully saturated rings. The summed E-state index contributed by atoms with van der Waals surface area (Å²) in [7, 11) is 0. The largest absolute Gasteiger partial charge is 0.339 e. The van der Waals surface area contributed by atoms with E-state index in [1.807, 2.05) is 0 Å². The zero-order valence-corrected chi connectivity index (χ0v) is 13.6. The molecule has 0 spiro atoms. The molecule has 2 amide bonds. The molecule has 24 heavy (non-hydrogen) atoms. The van der Waals surface area contributed by atoms with Gasteiger partial charge in [-0.25, -0.2) is 9.18 Å². The number of nitrogens with one attached hydrogen (secondary N) is 2. The molecular formula is C17H21FN4O2. The molecule has 2 aromatic rings. The first kappa shape index (κ1) is 16.4. The molecule has 1 aromatic carbocycles. The number of halogens is 1. The number of aromatic nitrogens is 2. The Morgan fingerprint density at radius 3 is 2.75 bits per heavy atom. The van der Waals surface area contributed by atoms with Gasteiger partial charge in [-0.2, -0.15) is 4.98 Å². The van der Waals surface area contributed by atoms with Gasteiger partial charge in [0.2, 0.25) is 11.7 Å². The van der Waals surface area contributed by atoms with E-state index in [0.717, 1.165) is 12.8 Å². The summed E-state index contributed by atoms with van der Waals surface area (Å²) in [6, 6.07) is 5.80. The van der Waals surface area contributed by atoms with E-state index in [-0.39, 0.29) is 17.4 Å². The Bertz CT molecular complexity index is 695. The van der Waals surface area contributed by atoms with Crippen LogP contribution in [-0.4, -0.2) is 28.3 Å². The molecule has 2 N–H and O–H groups in total. The summed E-state index contributed by atoms with van der Waals surface area (Å²) in [6.07, 6.45) is 4.52. The third kappa shape index (κ3) is 4.10. The van der Waals surface area contributed by atoms with Crippen LogP contribution >= 0.6 is 0 Å². The Hall–Kier alpha value is -2.44. The van der Waals surface area contributed by atoms with Crippen LogP contribution in [-0.2, 0) is 6.42 Å². The van der Waals surface area contributed by atoms with Crippen molar-refractivity contribution in [2.24, 2.45) is 0 Å². The van der Waals surface area contributed by atoms with Crippen LogP contribution in [0.25, 0.3) is 11.4 Å². The highest BCUT2D eigenvalue weighted by molar-refractivity contribution is 5.74. The number of urea groups is 1. The summed E-state index contributed by atoms with van der Waals surface area (Å²) < 4.78 is 18.1. The van der Waals surface area contributed by atoms with E-state index in [1.54, 1.807) is 12.1 Å². The molecule has 0 atom stereocenters. The summed E-state index contributed by atoms with van der Waals surface area (Å²) in [4.78, 5) is 16.1. The SMILES string of the molecule is CC1(NC(=O)NCCCc2nc(-c3ccc(F)cc3)no2)CCC1. The van der Waals surface area contributed by atoms with Gasteiger partial charge < -0.3 is 15.2 Å². The number of rotatable bonds is 6. The van der Waals surface area contributed by atoms with E-state index in [1.165, 1.54) is 18.6 Å². The highest BCUT2D eigenvalue weighted by atomic mass is 19.1. The summed E-state index contributed by atoms with van der Waals surface area (Å²) >= 11 is 0. The van der Waals surface area contributed by atoms with Crippen LogP contribution in [0.15, 0.2) is 28.8 Å². The van der Waals surface area contributed by atoms with Gasteiger partial charge in [-0.3, -0.25) is 0 Å². The van der Waals surface area contributed by atoms with Crippen LogP contribution in [0, 0.1) is 5.82 Å². The first-order chi connectivity index (χ1) is 11.5. The predicted molar refractivity (Wildman–Crippen MR) is 86.8 cm³/mol. The molecule has 0 radical (unpaired) electrons. The maximum Gasteiger partial charge on any atom is 0.315 e. The van der Waals surface area contributed by atoms with Crippen molar-refractivity contribution in [2.45, 2.75) is 44.6 Å². The molecule has 0 saturated heterocycles. The molecule has 0 aliphatic heterocycles. The molecule has 3 rings (SSSR count). The van der Waals surface area contributed by atoms with E-state index in [2.05, 4.69) is 27.7 Å². The second kappa shape index (κ2) is 6.98. The predicted octanol–water partition coefficient (Wildman–Crippen LogP) is 3.05. The highest BCUT2D eigenvalue weighted by Gasteiger charge is 2.32. The lowest BCUT2D eigenvalue weighted by Gasteiger charge is -2.39. The van der Waals surface area contributed by atoms with Crippen LogP contribution in [0.4, 0.5) is 9.18 Å². The average molecular weight is 332 g/mol. The number of hydrogen-bond donors (Lipinski definition) is 2. The van der Waals surface area contributed by atoms with Gasteiger partial charge in [-0.05, 0) is 56.9 Å². The van der Waals surface area contributed by atoms with Gasteiger partial charge in [0.15, 0.2) is 0 Å². The number of aryl methyl sites for hydroxylation is 1. The van der Waals surface area contributed by atoms with Crippen LogP contribution in [0.1, 0.15) is 38.5 Å². The van der Waals surface area contributed by atoms with Gasteiger partial charge in [0, 0.05) is 24.1 Å². The lowest BCUT2D eigenvalue weighted by Crippen LogP contribution is -2.54. The van der Waals surface area contributed by atoms with Crippen molar-refractivity contribution in [3.05, 3.63) is 36.0 Å². The first-order valence-corrected chi connectivity index (χ1v) is 8.19. The Labute approximate surface area is 139 Å². The summed E-state index contributed by atoms with van der Waals surface area (Å²) in [6.45, 7) is 2.60. The van der Waals surface area contributed by atoms with Crippen molar-refractivity contribution in [2.75, 3.05) is 6.54 Å². The van der Waals surface area contributed by atoms with Crippen molar-refractivity contribution in [1.82, 2.24) is 20.8 Å². The summed E-state index contributed by atoms with van der Waals surface area (Å²) in [5, 5.41) is 9.72. The Morgan fingerprint density at radius 2 is 2.08 bits per heavy atom. The minimum absolute atomic E-state index is 0.0410. The van der Waals surface area contributed by atoms with E-state index in [4.69, 9.17) is 4.52 Å². The Balaban J connectivity index is 1.41. The smallest absolute Gasteiger partial charge is 0.315 e. The van der Waals surface area contributed by atoms with E-state index in [9.17, 15) is 9.18 Å². The zero-order chi connectivity index (χ0) is 17.0. The van der Waals surface area contributed by atoms with Gasteiger partial charge >= 0.3 is 6.03 Å². The van der Waals surface area contributed by atoms with Gasteiger partial charge in [0.05, 0.1) is 0 Å². The minimum Gasteiger partial charge on any atom is -0.339 e. The third-order valence-corrected chi connectivity index (χ3v) is 4.30. The molecule has 1 heterocycles. The monoisotopic (exact) mass is 332 g/mol. The number of carbonyl (C=O) groups is 1. The normalized spacial score (nSPS) is 15.6. The third-order valence-electron chi connectivity index (χ3n) is 4.30. The van der Waals surface area contributed by atoms with Gasteiger partial charge in [0.25, 0.3) is 0 Å². The Kier molecular flexibility index (Phi) is 4.78. The minimum atomic E-state index is -0.303. The number of amides is 2. The van der Waals surface area contributed by atoms with Crippen molar-refractivity contribution in [3.8, 4) is 11.4 Å². The quantitative estimate of drug-likeness (QED) is 0.797. The average Bonchev–Trinajstić information content (AvgIpc) is 2.99. The molecule has 1 aromatic heterocycles. The van der Waals surface area contributed by atoms with Gasteiger partial charge in [-0.15, -0.1) is 0 Å². The van der Waals surface area contributed by atoms with Gasteiger partial charge in [0.1, 0.15) is 5.82 Å². The molecular weight excluding hydrogens is 311 g/mol. The number of benzene rings is 1. The van der Waals surface area contributed by atoms with Crippen molar-refractivity contribution < 1.29 is 13.7 Å². The lowest BCUT2D eigenvalue weighted by atomic mass is 9.79. The maximum absolute atomic E-state index is 12.9. The lowest BCUT2D eigenvalue weighted by molar-refractivity contribution is 0.191. The van der Waals surface area contributed by atoms with E-state index < -0.39 is 0 Å². The fraction of sp³-hybridized carbons (Fsp3) is 0.471. The second-order valence-corrected chi connectivity index (χ2v) is 6.42.